The van der Waals surface area contributed by atoms with E-state index in [4.69, 9.17) is 23.2 Å². The van der Waals surface area contributed by atoms with Crippen LogP contribution in [0.15, 0.2) is 54.0 Å². The van der Waals surface area contributed by atoms with Crippen molar-refractivity contribution in [2.75, 3.05) is 25.0 Å². The Morgan fingerprint density at radius 2 is 1.88 bits per heavy atom. The van der Waals surface area contributed by atoms with Gasteiger partial charge < -0.3 is 4.90 Å². The number of benzene rings is 2. The van der Waals surface area contributed by atoms with E-state index in [0.717, 1.165) is 10.6 Å². The Balaban J connectivity index is 1.59. The number of anilines is 1. The van der Waals surface area contributed by atoms with Crippen LogP contribution in [0.2, 0.25) is 10.0 Å². The monoisotopic (exact) mass is 511 g/mol. The Labute approximate surface area is 210 Å². The molecule has 0 radical (unpaired) electrons. The molecule has 3 aromatic rings. The third-order valence-corrected chi connectivity index (χ3v) is 7.72. The standard InChI is InChI=1S/C24H19Cl2N5O2S/c1-29-23(33)31(19-9-17(25)8-18(26)10-19)22(32)24(29)14-30(13-21-28-6-7-34-21)12-20(24)16-4-2-15(11-27)3-5-16/h2-10,20H,12-14H2,1H3. The number of rotatable bonds is 4. The zero-order chi connectivity index (χ0) is 24.0. The molecule has 2 saturated heterocycles. The molecule has 7 nitrogen and oxygen atoms in total. The predicted octanol–water partition coefficient (Wildman–Crippen LogP) is 4.76. The first-order valence-electron chi connectivity index (χ1n) is 10.5. The molecule has 172 valence electrons. The van der Waals surface area contributed by atoms with E-state index in [1.54, 1.807) is 54.9 Å². The van der Waals surface area contributed by atoms with Gasteiger partial charge >= 0.3 is 6.03 Å². The highest BCUT2D eigenvalue weighted by molar-refractivity contribution is 7.09. The van der Waals surface area contributed by atoms with Gasteiger partial charge in [0.2, 0.25) is 0 Å². The van der Waals surface area contributed by atoms with Crippen molar-refractivity contribution < 1.29 is 9.59 Å². The topological polar surface area (TPSA) is 80.5 Å². The fourth-order valence-electron chi connectivity index (χ4n) is 4.94. The number of carbonyl (C=O) groups excluding carboxylic acids is 2. The molecule has 0 N–H and O–H groups in total. The van der Waals surface area contributed by atoms with Crippen LogP contribution in [0.3, 0.4) is 0 Å². The molecule has 10 heteroatoms. The summed E-state index contributed by atoms with van der Waals surface area (Å²) in [5.41, 5.74) is 0.637. The van der Waals surface area contributed by atoms with E-state index < -0.39 is 11.6 Å². The lowest BCUT2D eigenvalue weighted by Crippen LogP contribution is -2.53. The van der Waals surface area contributed by atoms with Crippen molar-refractivity contribution in [1.29, 1.82) is 5.26 Å². The normalized spacial score (nSPS) is 22.7. The van der Waals surface area contributed by atoms with Crippen LogP contribution in [-0.2, 0) is 11.3 Å². The van der Waals surface area contributed by atoms with Gasteiger partial charge in [0, 0.05) is 47.7 Å². The van der Waals surface area contributed by atoms with Crippen LogP contribution in [0.5, 0.6) is 0 Å². The second kappa shape index (κ2) is 8.67. The van der Waals surface area contributed by atoms with Crippen molar-refractivity contribution >= 4 is 52.2 Å². The molecule has 3 heterocycles. The Hall–Kier alpha value is -2.96. The van der Waals surface area contributed by atoms with Gasteiger partial charge in [-0.1, -0.05) is 35.3 Å². The number of nitriles is 1. The maximum absolute atomic E-state index is 14.1. The van der Waals surface area contributed by atoms with Gasteiger partial charge in [-0.05, 0) is 35.9 Å². The second-order valence-electron chi connectivity index (χ2n) is 8.42. The molecule has 2 aliphatic rings. The molecular formula is C24H19Cl2N5O2S. The number of halogens is 2. The summed E-state index contributed by atoms with van der Waals surface area (Å²) in [6.45, 7) is 1.48. The SMILES string of the molecule is CN1C(=O)N(c2cc(Cl)cc(Cl)c2)C(=O)C12CN(Cc1nccs1)CC2c1ccc(C#N)cc1. The quantitative estimate of drug-likeness (QED) is 0.471. The molecule has 0 saturated carbocycles. The molecule has 2 fully saturated rings. The average Bonchev–Trinajstić information content (AvgIpc) is 3.50. The minimum atomic E-state index is -1.13. The lowest BCUT2D eigenvalue weighted by molar-refractivity contribution is -0.124. The number of aromatic nitrogens is 1. The van der Waals surface area contributed by atoms with Gasteiger partial charge in [-0.25, -0.2) is 14.7 Å². The first-order valence-corrected chi connectivity index (χ1v) is 12.2. The Morgan fingerprint density at radius 3 is 2.50 bits per heavy atom. The Kier molecular flexibility index (Phi) is 5.82. The summed E-state index contributed by atoms with van der Waals surface area (Å²) in [6.07, 6.45) is 1.75. The van der Waals surface area contributed by atoms with E-state index >= 15 is 0 Å². The van der Waals surface area contributed by atoms with Crippen LogP contribution >= 0.6 is 34.5 Å². The van der Waals surface area contributed by atoms with Crippen LogP contribution in [0.25, 0.3) is 0 Å². The number of carbonyl (C=O) groups is 2. The van der Waals surface area contributed by atoms with E-state index in [2.05, 4.69) is 16.0 Å². The summed E-state index contributed by atoms with van der Waals surface area (Å²) in [7, 11) is 1.66. The number of likely N-dealkylation sites (tertiary alicyclic amines) is 1. The molecule has 0 bridgehead atoms. The number of hydrogen-bond donors (Lipinski definition) is 0. The highest BCUT2D eigenvalue weighted by Gasteiger charge is 2.64. The van der Waals surface area contributed by atoms with Gasteiger partial charge in [-0.2, -0.15) is 5.26 Å². The number of thiazole rings is 1. The van der Waals surface area contributed by atoms with Crippen LogP contribution in [0, 0.1) is 11.3 Å². The van der Waals surface area contributed by atoms with E-state index in [1.807, 2.05) is 17.5 Å². The summed E-state index contributed by atoms with van der Waals surface area (Å²) in [4.78, 5) is 36.8. The van der Waals surface area contributed by atoms with Crippen molar-refractivity contribution in [2.24, 2.45) is 0 Å². The molecule has 1 spiro atoms. The van der Waals surface area contributed by atoms with E-state index in [9.17, 15) is 14.9 Å². The smallest absolute Gasteiger partial charge is 0.310 e. The minimum Gasteiger partial charge on any atom is -0.310 e. The van der Waals surface area contributed by atoms with E-state index in [-0.39, 0.29) is 11.8 Å². The first-order chi connectivity index (χ1) is 16.3. The second-order valence-corrected chi connectivity index (χ2v) is 10.3. The van der Waals surface area contributed by atoms with E-state index in [1.165, 1.54) is 9.80 Å². The summed E-state index contributed by atoms with van der Waals surface area (Å²) in [5, 5.41) is 12.7. The number of urea groups is 1. The molecule has 2 aliphatic heterocycles. The molecule has 0 aliphatic carbocycles. The van der Waals surface area contributed by atoms with Crippen molar-refractivity contribution in [3.8, 4) is 6.07 Å². The van der Waals surface area contributed by atoms with Crippen LogP contribution in [-0.4, -0.2) is 52.4 Å². The number of likely N-dealkylation sites (N-methyl/N-ethyl adjacent to an activating group) is 1. The van der Waals surface area contributed by atoms with Gasteiger partial charge in [0.1, 0.15) is 10.5 Å². The summed E-state index contributed by atoms with van der Waals surface area (Å²) < 4.78 is 0. The van der Waals surface area contributed by atoms with Gasteiger partial charge in [0.25, 0.3) is 5.91 Å². The van der Waals surface area contributed by atoms with Gasteiger partial charge in [-0.15, -0.1) is 11.3 Å². The molecule has 2 unspecified atom stereocenters. The van der Waals surface area contributed by atoms with Crippen molar-refractivity contribution in [3.05, 3.63) is 80.2 Å². The van der Waals surface area contributed by atoms with Gasteiger partial charge in [0.05, 0.1) is 23.9 Å². The molecule has 2 atom stereocenters. The van der Waals surface area contributed by atoms with Crippen molar-refractivity contribution in [3.63, 3.8) is 0 Å². The number of nitrogens with zero attached hydrogens (tertiary/aromatic N) is 5. The maximum atomic E-state index is 14.1. The zero-order valence-corrected chi connectivity index (χ0v) is 20.4. The molecule has 5 rings (SSSR count). The van der Waals surface area contributed by atoms with E-state index in [0.29, 0.717) is 40.9 Å². The lowest BCUT2D eigenvalue weighted by atomic mass is 9.80. The molecule has 3 amide bonds. The van der Waals surface area contributed by atoms with Gasteiger partial charge in [-0.3, -0.25) is 9.69 Å². The zero-order valence-electron chi connectivity index (χ0n) is 18.1. The molecule has 2 aromatic carbocycles. The van der Waals surface area contributed by atoms with Crippen molar-refractivity contribution in [2.45, 2.75) is 18.0 Å². The number of hydrogen-bond acceptors (Lipinski definition) is 6. The third-order valence-electron chi connectivity index (χ3n) is 6.52. The predicted molar refractivity (Wildman–Crippen MR) is 131 cm³/mol. The molecule has 1 aromatic heterocycles. The highest BCUT2D eigenvalue weighted by Crippen LogP contribution is 2.47. The van der Waals surface area contributed by atoms with Crippen LogP contribution in [0.1, 0.15) is 22.1 Å². The lowest BCUT2D eigenvalue weighted by Gasteiger charge is -2.34. The Morgan fingerprint density at radius 1 is 1.18 bits per heavy atom. The summed E-state index contributed by atoms with van der Waals surface area (Å²) >= 11 is 13.9. The largest absolute Gasteiger partial charge is 0.332 e. The number of imide groups is 1. The van der Waals surface area contributed by atoms with Gasteiger partial charge in [0.15, 0.2) is 0 Å². The van der Waals surface area contributed by atoms with Crippen molar-refractivity contribution in [1.82, 2.24) is 14.8 Å². The number of amides is 3. The minimum absolute atomic E-state index is 0.304. The van der Waals surface area contributed by atoms with Crippen LogP contribution in [0.4, 0.5) is 10.5 Å². The summed E-state index contributed by atoms with van der Waals surface area (Å²) in [5.74, 6) is -0.629. The maximum Gasteiger partial charge on any atom is 0.332 e. The third kappa shape index (κ3) is 3.65. The average molecular weight is 512 g/mol. The molecular weight excluding hydrogens is 493 g/mol. The molecule has 34 heavy (non-hydrogen) atoms. The Bertz CT molecular complexity index is 1290. The fraction of sp³-hybridized carbons (Fsp3) is 0.250. The summed E-state index contributed by atoms with van der Waals surface area (Å²) in [6, 6.07) is 13.6. The van der Waals surface area contributed by atoms with Crippen LogP contribution < -0.4 is 4.90 Å². The first kappa shape index (κ1) is 22.8. The fourth-order valence-corrected chi connectivity index (χ4v) is 6.11. The highest BCUT2D eigenvalue weighted by atomic mass is 35.5.